The van der Waals surface area contributed by atoms with Gasteiger partial charge in [-0.3, -0.25) is 9.80 Å². The molecule has 0 radical (unpaired) electrons. The Bertz CT molecular complexity index is 419. The van der Waals surface area contributed by atoms with E-state index in [1.54, 1.807) is 11.3 Å². The smallest absolute Gasteiger partial charge is 0.180 e. The molecule has 0 amide bonds. The van der Waals surface area contributed by atoms with E-state index in [-0.39, 0.29) is 0 Å². The van der Waals surface area contributed by atoms with Gasteiger partial charge in [0.2, 0.25) is 0 Å². The van der Waals surface area contributed by atoms with Gasteiger partial charge in [0, 0.05) is 43.8 Å². The van der Waals surface area contributed by atoms with Gasteiger partial charge in [-0.2, -0.15) is 0 Å². The van der Waals surface area contributed by atoms with Crippen molar-refractivity contribution in [2.45, 2.75) is 19.4 Å². The number of likely N-dealkylation sites (tertiary alicyclic amines) is 1. The highest BCUT2D eigenvalue weighted by Gasteiger charge is 2.23. The predicted octanol–water partition coefficient (Wildman–Crippen LogP) is 1.27. The Morgan fingerprint density at radius 2 is 2.15 bits per heavy atom. The maximum Gasteiger partial charge on any atom is 0.180 e. The molecule has 0 aliphatic carbocycles. The zero-order valence-electron chi connectivity index (χ0n) is 12.0. The minimum Gasteiger partial charge on any atom is -0.379 e. The zero-order chi connectivity index (χ0) is 13.8. The van der Waals surface area contributed by atoms with Gasteiger partial charge < -0.3 is 10.5 Å². The average molecular weight is 296 g/mol. The number of piperidine rings is 1. The van der Waals surface area contributed by atoms with Crippen molar-refractivity contribution >= 4 is 16.5 Å². The van der Waals surface area contributed by atoms with E-state index in [1.807, 2.05) is 6.20 Å². The molecule has 1 aromatic rings. The van der Waals surface area contributed by atoms with Gasteiger partial charge >= 0.3 is 0 Å². The second kappa shape index (κ2) is 6.85. The van der Waals surface area contributed by atoms with Crippen LogP contribution in [0.3, 0.4) is 0 Å². The Hall–Kier alpha value is -0.690. The van der Waals surface area contributed by atoms with Crippen LogP contribution in [0.4, 0.5) is 5.13 Å². The lowest BCUT2D eigenvalue weighted by Crippen LogP contribution is -2.44. The van der Waals surface area contributed by atoms with Crippen LogP contribution < -0.4 is 5.73 Å². The second-order valence-electron chi connectivity index (χ2n) is 5.82. The van der Waals surface area contributed by atoms with E-state index in [9.17, 15) is 0 Å². The quantitative estimate of drug-likeness (QED) is 0.907. The van der Waals surface area contributed by atoms with Crippen molar-refractivity contribution in [1.29, 1.82) is 0 Å². The van der Waals surface area contributed by atoms with Crippen molar-refractivity contribution in [2.75, 3.05) is 51.7 Å². The minimum atomic E-state index is 0.682. The van der Waals surface area contributed by atoms with Crippen molar-refractivity contribution in [3.8, 4) is 0 Å². The van der Waals surface area contributed by atoms with Gasteiger partial charge in [0.05, 0.1) is 13.2 Å². The van der Waals surface area contributed by atoms with Crippen LogP contribution in [0.15, 0.2) is 6.20 Å². The fraction of sp³-hybridized carbons (Fsp3) is 0.786. The summed E-state index contributed by atoms with van der Waals surface area (Å²) in [5.74, 6) is 0.798. The predicted molar refractivity (Wildman–Crippen MR) is 81.8 cm³/mol. The van der Waals surface area contributed by atoms with E-state index in [2.05, 4.69) is 14.8 Å². The molecule has 0 bridgehead atoms. The number of hydrogen-bond donors (Lipinski definition) is 1. The molecule has 0 spiro atoms. The highest BCUT2D eigenvalue weighted by molar-refractivity contribution is 7.15. The number of morpholine rings is 1. The lowest BCUT2D eigenvalue weighted by molar-refractivity contribution is 0.0225. The molecule has 3 heterocycles. The summed E-state index contributed by atoms with van der Waals surface area (Å²) in [7, 11) is 0. The van der Waals surface area contributed by atoms with Gasteiger partial charge in [-0.15, -0.1) is 11.3 Å². The van der Waals surface area contributed by atoms with Gasteiger partial charge in [0.25, 0.3) is 0 Å². The van der Waals surface area contributed by atoms with Gasteiger partial charge in [-0.05, 0) is 25.3 Å². The molecular weight excluding hydrogens is 272 g/mol. The molecule has 1 atom stereocenters. The third-order valence-electron chi connectivity index (χ3n) is 4.17. The molecule has 2 fully saturated rings. The van der Waals surface area contributed by atoms with Gasteiger partial charge in [0.15, 0.2) is 5.13 Å². The lowest BCUT2D eigenvalue weighted by atomic mass is 9.97. The number of thiazole rings is 1. The first-order valence-corrected chi connectivity index (χ1v) is 8.34. The lowest BCUT2D eigenvalue weighted by Gasteiger charge is -2.36. The Balaban J connectivity index is 1.48. The highest BCUT2D eigenvalue weighted by atomic mass is 32.1. The van der Waals surface area contributed by atoms with Crippen LogP contribution in [-0.2, 0) is 11.3 Å². The third kappa shape index (κ3) is 3.91. The van der Waals surface area contributed by atoms with E-state index in [0.717, 1.165) is 38.8 Å². The average Bonchev–Trinajstić information content (AvgIpc) is 2.86. The molecule has 112 valence electrons. The molecule has 20 heavy (non-hydrogen) atoms. The highest BCUT2D eigenvalue weighted by Crippen LogP contribution is 2.22. The molecule has 0 unspecified atom stereocenters. The molecule has 3 rings (SSSR count). The number of nitrogens with two attached hydrogens (primary N) is 1. The first-order chi connectivity index (χ1) is 9.79. The summed E-state index contributed by atoms with van der Waals surface area (Å²) in [6, 6.07) is 0. The maximum atomic E-state index is 5.71. The molecular formula is C14H24N4OS. The number of rotatable bonds is 4. The monoisotopic (exact) mass is 296 g/mol. The van der Waals surface area contributed by atoms with Crippen molar-refractivity contribution in [3.63, 3.8) is 0 Å². The van der Waals surface area contributed by atoms with E-state index in [0.29, 0.717) is 5.13 Å². The summed E-state index contributed by atoms with van der Waals surface area (Å²) >= 11 is 1.62. The molecule has 2 aliphatic heterocycles. The van der Waals surface area contributed by atoms with Crippen LogP contribution >= 0.6 is 11.3 Å². The molecule has 2 N–H and O–H groups in total. The summed E-state index contributed by atoms with van der Waals surface area (Å²) < 4.78 is 5.42. The second-order valence-corrected chi connectivity index (χ2v) is 6.97. The molecule has 1 aromatic heterocycles. The zero-order valence-corrected chi connectivity index (χ0v) is 12.8. The fourth-order valence-corrected chi connectivity index (χ4v) is 3.94. The van der Waals surface area contributed by atoms with Crippen molar-refractivity contribution in [2.24, 2.45) is 5.92 Å². The molecule has 5 nitrogen and oxygen atoms in total. The Labute approximate surface area is 124 Å². The van der Waals surface area contributed by atoms with Gasteiger partial charge in [-0.1, -0.05) is 0 Å². The Morgan fingerprint density at radius 3 is 2.90 bits per heavy atom. The first-order valence-electron chi connectivity index (χ1n) is 7.52. The van der Waals surface area contributed by atoms with Crippen LogP contribution in [0.25, 0.3) is 0 Å². The summed E-state index contributed by atoms with van der Waals surface area (Å²) in [6.07, 6.45) is 4.59. The maximum absolute atomic E-state index is 5.71. The number of hydrogen-bond acceptors (Lipinski definition) is 6. The normalized spacial score (nSPS) is 25.9. The van der Waals surface area contributed by atoms with Crippen LogP contribution in [0.5, 0.6) is 0 Å². The number of nitrogens with zero attached hydrogens (tertiary/aromatic N) is 3. The molecule has 2 saturated heterocycles. The summed E-state index contributed by atoms with van der Waals surface area (Å²) in [6.45, 7) is 8.64. The largest absolute Gasteiger partial charge is 0.379 e. The molecule has 0 saturated carbocycles. The number of ether oxygens (including phenoxy) is 1. The van der Waals surface area contributed by atoms with Crippen LogP contribution in [0.1, 0.15) is 17.7 Å². The van der Waals surface area contributed by atoms with E-state index in [4.69, 9.17) is 10.5 Å². The first kappa shape index (κ1) is 14.3. The van der Waals surface area contributed by atoms with Crippen LogP contribution in [0.2, 0.25) is 0 Å². The fourth-order valence-electron chi connectivity index (χ4n) is 3.21. The number of anilines is 1. The standard InChI is InChI=1S/C14H24N4OS/c15-14-16-8-13(20-14)11-18-3-1-2-12(10-18)9-17-4-6-19-7-5-17/h8,12H,1-7,9-11H2,(H2,15,16)/t12-/m1/s1. The molecule has 0 aromatic carbocycles. The number of nitrogen functional groups attached to an aromatic ring is 1. The third-order valence-corrected chi connectivity index (χ3v) is 4.99. The Kier molecular flexibility index (Phi) is 4.88. The van der Waals surface area contributed by atoms with Gasteiger partial charge in [-0.25, -0.2) is 4.98 Å². The van der Waals surface area contributed by atoms with Crippen LogP contribution in [-0.4, -0.2) is 60.7 Å². The van der Waals surface area contributed by atoms with E-state index < -0.39 is 0 Å². The van der Waals surface area contributed by atoms with Crippen LogP contribution in [0, 0.1) is 5.92 Å². The number of aromatic nitrogens is 1. The SMILES string of the molecule is Nc1ncc(CN2CCC[C@H](CN3CCOCC3)C2)s1. The van der Waals surface area contributed by atoms with E-state index in [1.165, 1.54) is 37.4 Å². The summed E-state index contributed by atoms with van der Waals surface area (Å²) in [4.78, 5) is 10.5. The van der Waals surface area contributed by atoms with Crippen molar-refractivity contribution < 1.29 is 4.74 Å². The molecule has 2 aliphatic rings. The summed E-state index contributed by atoms with van der Waals surface area (Å²) in [5, 5.41) is 0.682. The molecule has 6 heteroatoms. The van der Waals surface area contributed by atoms with Crippen molar-refractivity contribution in [3.05, 3.63) is 11.1 Å². The minimum absolute atomic E-state index is 0.682. The summed E-state index contributed by atoms with van der Waals surface area (Å²) in [5.41, 5.74) is 5.71. The topological polar surface area (TPSA) is 54.6 Å². The Morgan fingerprint density at radius 1 is 1.30 bits per heavy atom. The van der Waals surface area contributed by atoms with Gasteiger partial charge in [0.1, 0.15) is 0 Å². The van der Waals surface area contributed by atoms with Crippen molar-refractivity contribution in [1.82, 2.24) is 14.8 Å². The van der Waals surface area contributed by atoms with E-state index >= 15 is 0 Å².